The number of likely N-dealkylation sites (N-methyl/N-ethyl adjacent to an activating group) is 1. The fourth-order valence-corrected chi connectivity index (χ4v) is 4.67. The Hall–Kier alpha value is -2.34. The molecule has 0 atom stereocenters. The van der Waals surface area contributed by atoms with Gasteiger partial charge in [0.05, 0.1) is 10.3 Å². The van der Waals surface area contributed by atoms with E-state index in [0.29, 0.717) is 18.2 Å². The van der Waals surface area contributed by atoms with E-state index in [9.17, 15) is 13.2 Å². The van der Waals surface area contributed by atoms with E-state index >= 15 is 0 Å². The average molecular weight is 401 g/mol. The van der Waals surface area contributed by atoms with Crippen LogP contribution in [-0.4, -0.2) is 20.9 Å². The topological polar surface area (TPSA) is 75.3 Å². The molecule has 3 rings (SSSR count). The summed E-state index contributed by atoms with van der Waals surface area (Å²) < 4.78 is 27.9. The van der Waals surface area contributed by atoms with E-state index in [1.54, 1.807) is 24.3 Å². The molecule has 2 aromatic rings. The smallest absolute Gasteiger partial charge is 0.261 e. The molecule has 6 heteroatoms. The summed E-state index contributed by atoms with van der Waals surface area (Å²) in [5, 5.41) is 2.92. The maximum atomic E-state index is 12.7. The fraction of sp³-hybridized carbons (Fsp3) is 0.409. The second-order valence-corrected chi connectivity index (χ2v) is 9.38. The van der Waals surface area contributed by atoms with Crippen LogP contribution >= 0.6 is 0 Å². The van der Waals surface area contributed by atoms with Gasteiger partial charge in [0.2, 0.25) is 5.91 Å². The molecule has 150 valence electrons. The van der Waals surface area contributed by atoms with Crippen molar-refractivity contribution in [2.24, 2.45) is 0 Å². The van der Waals surface area contributed by atoms with Gasteiger partial charge in [-0.15, -0.1) is 0 Å². The quantitative estimate of drug-likeness (QED) is 0.732. The van der Waals surface area contributed by atoms with E-state index in [2.05, 4.69) is 23.9 Å². The number of benzene rings is 2. The van der Waals surface area contributed by atoms with Crippen molar-refractivity contribution < 1.29 is 13.2 Å². The third kappa shape index (κ3) is 3.92. The Morgan fingerprint density at radius 1 is 1.04 bits per heavy atom. The summed E-state index contributed by atoms with van der Waals surface area (Å²) in [4.78, 5) is 12.7. The SMILES string of the molecule is CCNC(=O)C1(c2ccc(NS(=O)(=O)c3ccc(C(C)C)cc3)cc2)CCC1. The third-order valence-electron chi connectivity index (χ3n) is 5.53. The molecule has 1 amide bonds. The van der Waals surface area contributed by atoms with Crippen molar-refractivity contribution in [1.29, 1.82) is 0 Å². The number of nitrogens with one attached hydrogen (secondary N) is 2. The summed E-state index contributed by atoms with van der Waals surface area (Å²) in [5.74, 6) is 0.404. The molecule has 2 aromatic carbocycles. The van der Waals surface area contributed by atoms with Gasteiger partial charge in [-0.25, -0.2) is 8.42 Å². The molecule has 0 spiro atoms. The third-order valence-corrected chi connectivity index (χ3v) is 6.92. The number of hydrogen-bond acceptors (Lipinski definition) is 3. The molecule has 1 fully saturated rings. The number of rotatable bonds is 7. The number of anilines is 1. The van der Waals surface area contributed by atoms with E-state index < -0.39 is 15.4 Å². The standard InChI is InChI=1S/C22H28N2O3S/c1-4-23-21(25)22(14-5-15-22)18-8-10-19(11-9-18)24-28(26,27)20-12-6-17(7-13-20)16(2)3/h6-13,16,24H,4-5,14-15H2,1-3H3,(H,23,25). The van der Waals surface area contributed by atoms with Gasteiger partial charge in [-0.3, -0.25) is 9.52 Å². The van der Waals surface area contributed by atoms with Gasteiger partial charge in [-0.05, 0) is 61.1 Å². The molecule has 0 heterocycles. The van der Waals surface area contributed by atoms with Gasteiger partial charge in [0.15, 0.2) is 0 Å². The molecule has 0 aromatic heterocycles. The van der Waals surface area contributed by atoms with Crippen LogP contribution in [0.25, 0.3) is 0 Å². The number of hydrogen-bond donors (Lipinski definition) is 2. The van der Waals surface area contributed by atoms with Crippen LogP contribution in [0.4, 0.5) is 5.69 Å². The van der Waals surface area contributed by atoms with E-state index in [-0.39, 0.29) is 10.8 Å². The Labute approximate surface area is 167 Å². The van der Waals surface area contributed by atoms with Crippen LogP contribution in [0.15, 0.2) is 53.4 Å². The van der Waals surface area contributed by atoms with Gasteiger partial charge in [0.25, 0.3) is 10.0 Å². The lowest BCUT2D eigenvalue weighted by Crippen LogP contribution is -2.49. The Morgan fingerprint density at radius 2 is 1.64 bits per heavy atom. The largest absolute Gasteiger partial charge is 0.356 e. The first-order chi connectivity index (χ1) is 13.3. The van der Waals surface area contributed by atoms with Gasteiger partial charge >= 0.3 is 0 Å². The van der Waals surface area contributed by atoms with Crippen molar-refractivity contribution >= 4 is 21.6 Å². The number of amides is 1. The minimum Gasteiger partial charge on any atom is -0.356 e. The van der Waals surface area contributed by atoms with Crippen LogP contribution in [0.3, 0.4) is 0 Å². The summed E-state index contributed by atoms with van der Waals surface area (Å²) in [5.41, 5.74) is 2.05. The molecule has 1 saturated carbocycles. The highest BCUT2D eigenvalue weighted by Gasteiger charge is 2.45. The van der Waals surface area contributed by atoms with Gasteiger partial charge in [0.1, 0.15) is 0 Å². The first kappa shape index (κ1) is 20.4. The molecule has 0 bridgehead atoms. The second kappa shape index (κ2) is 7.95. The van der Waals surface area contributed by atoms with Crippen molar-refractivity contribution in [3.63, 3.8) is 0 Å². The predicted molar refractivity (Wildman–Crippen MR) is 112 cm³/mol. The summed E-state index contributed by atoms with van der Waals surface area (Å²) in [6.45, 7) is 6.65. The Balaban J connectivity index is 1.77. The summed E-state index contributed by atoms with van der Waals surface area (Å²) in [7, 11) is -3.65. The lowest BCUT2D eigenvalue weighted by atomic mass is 9.64. The van der Waals surface area contributed by atoms with Crippen LogP contribution in [0.1, 0.15) is 57.1 Å². The molecule has 0 aliphatic heterocycles. The minimum absolute atomic E-state index is 0.0554. The molecule has 2 N–H and O–H groups in total. The number of carbonyl (C=O) groups is 1. The van der Waals surface area contributed by atoms with Crippen LogP contribution in [-0.2, 0) is 20.2 Å². The van der Waals surface area contributed by atoms with E-state index in [4.69, 9.17) is 0 Å². The zero-order valence-corrected chi connectivity index (χ0v) is 17.5. The zero-order chi connectivity index (χ0) is 20.4. The first-order valence-electron chi connectivity index (χ1n) is 9.80. The molecule has 0 radical (unpaired) electrons. The average Bonchev–Trinajstić information content (AvgIpc) is 2.62. The van der Waals surface area contributed by atoms with Gasteiger partial charge in [0, 0.05) is 12.2 Å². The molecular weight excluding hydrogens is 372 g/mol. The first-order valence-corrected chi connectivity index (χ1v) is 11.3. The van der Waals surface area contributed by atoms with Crippen LogP contribution < -0.4 is 10.0 Å². The molecule has 0 saturated heterocycles. The summed E-state index contributed by atoms with van der Waals surface area (Å²) in [6.07, 6.45) is 2.68. The normalized spacial score (nSPS) is 15.7. The Morgan fingerprint density at radius 3 is 2.11 bits per heavy atom. The summed E-state index contributed by atoms with van der Waals surface area (Å²) >= 11 is 0. The fourth-order valence-electron chi connectivity index (χ4n) is 3.61. The molecule has 1 aliphatic rings. The highest BCUT2D eigenvalue weighted by molar-refractivity contribution is 7.92. The van der Waals surface area contributed by atoms with Crippen molar-refractivity contribution in [3.8, 4) is 0 Å². The Bertz CT molecular complexity index is 929. The van der Waals surface area contributed by atoms with Crippen molar-refractivity contribution in [3.05, 3.63) is 59.7 Å². The minimum atomic E-state index is -3.65. The van der Waals surface area contributed by atoms with Crippen molar-refractivity contribution in [2.75, 3.05) is 11.3 Å². The number of carbonyl (C=O) groups excluding carboxylic acids is 1. The summed E-state index contributed by atoms with van der Waals surface area (Å²) in [6, 6.07) is 14.1. The lowest BCUT2D eigenvalue weighted by molar-refractivity contribution is -0.129. The monoisotopic (exact) mass is 400 g/mol. The van der Waals surface area contributed by atoms with Gasteiger partial charge < -0.3 is 5.32 Å². The molecule has 28 heavy (non-hydrogen) atoms. The van der Waals surface area contributed by atoms with Gasteiger partial charge in [-0.1, -0.05) is 44.5 Å². The van der Waals surface area contributed by atoms with Crippen LogP contribution in [0, 0.1) is 0 Å². The van der Waals surface area contributed by atoms with Crippen molar-refractivity contribution in [2.45, 2.75) is 56.3 Å². The van der Waals surface area contributed by atoms with Crippen molar-refractivity contribution in [1.82, 2.24) is 5.32 Å². The maximum Gasteiger partial charge on any atom is 0.261 e. The molecule has 5 nitrogen and oxygen atoms in total. The number of sulfonamides is 1. The van der Waals surface area contributed by atoms with E-state index in [1.807, 2.05) is 31.2 Å². The lowest BCUT2D eigenvalue weighted by Gasteiger charge is -2.40. The zero-order valence-electron chi connectivity index (χ0n) is 16.7. The van der Waals surface area contributed by atoms with Crippen LogP contribution in [0.5, 0.6) is 0 Å². The van der Waals surface area contributed by atoms with Gasteiger partial charge in [-0.2, -0.15) is 0 Å². The highest BCUT2D eigenvalue weighted by atomic mass is 32.2. The molecular formula is C22H28N2O3S. The van der Waals surface area contributed by atoms with E-state index in [0.717, 1.165) is 30.4 Å². The van der Waals surface area contributed by atoms with E-state index in [1.165, 1.54) is 0 Å². The second-order valence-electron chi connectivity index (χ2n) is 7.70. The van der Waals surface area contributed by atoms with Crippen LogP contribution in [0.2, 0.25) is 0 Å². The predicted octanol–water partition coefficient (Wildman–Crippen LogP) is 4.17. The highest BCUT2D eigenvalue weighted by Crippen LogP contribution is 2.44. The Kier molecular flexibility index (Phi) is 5.79. The molecule has 0 unspecified atom stereocenters. The maximum absolute atomic E-state index is 12.7. The molecule has 1 aliphatic carbocycles.